The van der Waals surface area contributed by atoms with Crippen LogP contribution in [-0.4, -0.2) is 84.0 Å². The number of carbonyl (C=O) groups is 1. The van der Waals surface area contributed by atoms with Crippen LogP contribution in [0.4, 0.5) is 4.79 Å². The first kappa shape index (κ1) is 38.3. The molecule has 1 unspecified atom stereocenters. The fourth-order valence-electron chi connectivity index (χ4n) is 6.31. The third-order valence-corrected chi connectivity index (χ3v) is 11.3. The molecule has 15 heteroatoms. The first-order valence-electron chi connectivity index (χ1n) is 17.9. The average molecular weight is 828 g/mol. The zero-order valence-electron chi connectivity index (χ0n) is 32.0. The number of aryl methyl sites for hydroxylation is 2. The second-order valence-corrected chi connectivity index (χ2v) is 16.6. The van der Waals surface area contributed by atoms with Crippen molar-refractivity contribution < 1.29 is 28.3 Å². The number of rotatable bonds is 10. The zero-order valence-corrected chi connectivity index (χ0v) is 34.2. The number of benzene rings is 1. The molecule has 1 atom stereocenters. The van der Waals surface area contributed by atoms with Gasteiger partial charge in [0.2, 0.25) is 5.88 Å². The second kappa shape index (κ2) is 14.8. The van der Waals surface area contributed by atoms with E-state index in [2.05, 4.69) is 51.0 Å². The summed E-state index contributed by atoms with van der Waals surface area (Å²) in [5.74, 6) is 2.39. The van der Waals surface area contributed by atoms with Crippen LogP contribution < -0.4 is 4.74 Å². The molecule has 2 saturated heterocycles. The van der Waals surface area contributed by atoms with Crippen molar-refractivity contribution in [2.45, 2.75) is 104 Å². The monoisotopic (exact) mass is 827 g/mol. The summed E-state index contributed by atoms with van der Waals surface area (Å²) in [4.78, 5) is 15.0. The molecule has 0 aliphatic carbocycles. The summed E-state index contributed by atoms with van der Waals surface area (Å²) in [6.45, 7) is 17.2. The SMILES string of the molecule is Cc1c(CN(CCOc2nn(C)cc2-c2ccc3c(c2)c(/C=C/B2OC(C)(C)C(C)(C)O2)nn3C2CCCCO2)C(=O)OC(C)(C)C)nn(C)c1I. The van der Waals surface area contributed by atoms with E-state index < -0.39 is 30.0 Å². The van der Waals surface area contributed by atoms with Crippen molar-refractivity contribution in [3.63, 3.8) is 0 Å². The number of aromatic nitrogens is 6. The Kier molecular flexibility index (Phi) is 10.9. The number of hydrogen-bond donors (Lipinski definition) is 0. The largest absolute Gasteiger partial charge is 0.487 e. The van der Waals surface area contributed by atoms with Crippen molar-refractivity contribution in [3.05, 3.63) is 51.0 Å². The Morgan fingerprint density at radius 3 is 2.48 bits per heavy atom. The molecule has 13 nitrogen and oxygen atoms in total. The lowest BCUT2D eigenvalue weighted by atomic mass is 9.89. The number of fused-ring (bicyclic) bond motifs is 1. The minimum absolute atomic E-state index is 0.135. The number of hydrogen-bond acceptors (Lipinski definition) is 9. The van der Waals surface area contributed by atoms with Gasteiger partial charge < -0.3 is 23.5 Å². The smallest absolute Gasteiger partial charge is 0.474 e. The van der Waals surface area contributed by atoms with Gasteiger partial charge >= 0.3 is 13.2 Å². The van der Waals surface area contributed by atoms with Crippen molar-refractivity contribution in [3.8, 4) is 17.0 Å². The van der Waals surface area contributed by atoms with Gasteiger partial charge in [0.1, 0.15) is 15.9 Å². The summed E-state index contributed by atoms with van der Waals surface area (Å²) >= 11 is 2.26. The maximum absolute atomic E-state index is 13.3. The number of ether oxygens (including phenoxy) is 3. The summed E-state index contributed by atoms with van der Waals surface area (Å²) in [5.41, 5.74) is 3.83. The average Bonchev–Trinajstić information content (AvgIpc) is 3.76. The predicted molar refractivity (Wildman–Crippen MR) is 209 cm³/mol. The Morgan fingerprint density at radius 2 is 1.85 bits per heavy atom. The van der Waals surface area contributed by atoms with Gasteiger partial charge in [-0.2, -0.15) is 10.2 Å². The first-order valence-corrected chi connectivity index (χ1v) is 19.0. The molecule has 2 fully saturated rings. The molecule has 0 spiro atoms. The van der Waals surface area contributed by atoms with E-state index in [9.17, 15) is 4.79 Å². The lowest BCUT2D eigenvalue weighted by Gasteiger charge is -2.32. The summed E-state index contributed by atoms with van der Waals surface area (Å²) < 4.78 is 37.3. The van der Waals surface area contributed by atoms with E-state index in [1.165, 1.54) is 0 Å². The van der Waals surface area contributed by atoms with Crippen molar-refractivity contribution in [1.82, 2.24) is 34.2 Å². The molecule has 5 heterocycles. The van der Waals surface area contributed by atoms with Gasteiger partial charge in [-0.05, 0) is 121 Å². The van der Waals surface area contributed by atoms with E-state index >= 15 is 0 Å². The highest BCUT2D eigenvalue weighted by molar-refractivity contribution is 14.1. The minimum Gasteiger partial charge on any atom is -0.474 e. The third kappa shape index (κ3) is 8.21. The van der Waals surface area contributed by atoms with Crippen LogP contribution in [0.2, 0.25) is 0 Å². The van der Waals surface area contributed by atoms with Gasteiger partial charge in [0.25, 0.3) is 0 Å². The summed E-state index contributed by atoms with van der Waals surface area (Å²) in [5, 5.41) is 15.3. The van der Waals surface area contributed by atoms with Gasteiger partial charge in [-0.1, -0.05) is 12.0 Å². The standard InChI is InChI=1S/C37H51BIN7O6/c1-24-29(40-44(10)32(24)39)23-45(34(47)50-35(2,3)4)18-20-49-33-27(22-43(9)42-33)25-14-15-30-26(21-25)28(41-46(30)31-13-11-12-19-48-31)16-17-38-51-36(5,6)37(7,8)52-38/h14-17,21-22,31H,11-13,18-20,23H2,1-10H3/b17-16+. The maximum atomic E-state index is 13.3. The number of carbonyl (C=O) groups excluding carboxylic acids is 1. The molecule has 3 aromatic heterocycles. The lowest BCUT2D eigenvalue weighted by Crippen LogP contribution is -2.41. The number of nitrogens with zero attached hydrogens (tertiary/aromatic N) is 7. The molecular formula is C37H51BIN7O6. The Bertz CT molecular complexity index is 1940. The van der Waals surface area contributed by atoms with E-state index in [0.29, 0.717) is 19.0 Å². The second-order valence-electron chi connectivity index (χ2n) is 15.6. The van der Waals surface area contributed by atoms with Crippen LogP contribution in [0.15, 0.2) is 30.4 Å². The van der Waals surface area contributed by atoms with Crippen LogP contribution in [0, 0.1) is 10.6 Å². The lowest BCUT2D eigenvalue weighted by molar-refractivity contribution is -0.0367. The topological polar surface area (TPSA) is 120 Å². The molecule has 4 aromatic rings. The van der Waals surface area contributed by atoms with Crippen molar-refractivity contribution >= 4 is 52.8 Å². The molecular weight excluding hydrogens is 776 g/mol. The maximum Gasteiger partial charge on any atom is 0.487 e. The summed E-state index contributed by atoms with van der Waals surface area (Å²) in [7, 11) is 3.26. The molecule has 0 saturated carbocycles. The highest BCUT2D eigenvalue weighted by atomic mass is 127. The molecule has 0 N–H and O–H groups in total. The molecule has 6 rings (SSSR count). The molecule has 280 valence electrons. The molecule has 0 radical (unpaired) electrons. The fourth-order valence-corrected chi connectivity index (χ4v) is 6.73. The van der Waals surface area contributed by atoms with E-state index in [-0.39, 0.29) is 19.4 Å². The molecule has 1 aromatic carbocycles. The van der Waals surface area contributed by atoms with E-state index in [0.717, 1.165) is 61.9 Å². The van der Waals surface area contributed by atoms with Crippen molar-refractivity contribution in [2.24, 2.45) is 14.1 Å². The van der Waals surface area contributed by atoms with Crippen LogP contribution in [0.25, 0.3) is 28.1 Å². The molecule has 2 aliphatic heterocycles. The van der Waals surface area contributed by atoms with Gasteiger partial charge in [0.05, 0.1) is 46.8 Å². The normalized spacial score (nSPS) is 18.8. The van der Waals surface area contributed by atoms with Crippen LogP contribution in [0.3, 0.4) is 0 Å². The molecule has 0 bridgehead atoms. The Balaban J connectivity index is 1.27. The Morgan fingerprint density at radius 1 is 1.12 bits per heavy atom. The highest BCUT2D eigenvalue weighted by Gasteiger charge is 2.50. The Hall–Kier alpha value is -3.41. The molecule has 2 aliphatic rings. The molecule has 52 heavy (non-hydrogen) atoms. The quantitative estimate of drug-likeness (QED) is 0.120. The van der Waals surface area contributed by atoms with Crippen molar-refractivity contribution in [2.75, 3.05) is 19.8 Å². The number of amides is 1. The zero-order chi connectivity index (χ0) is 37.6. The minimum atomic E-state index is -0.647. The first-order chi connectivity index (χ1) is 24.4. The van der Waals surface area contributed by atoms with Gasteiger partial charge in [0, 0.05) is 37.8 Å². The molecule has 1 amide bonds. The van der Waals surface area contributed by atoms with Crippen LogP contribution >= 0.6 is 22.6 Å². The number of halogens is 1. The van der Waals surface area contributed by atoms with E-state index in [1.54, 1.807) is 9.58 Å². The van der Waals surface area contributed by atoms with E-state index in [4.69, 9.17) is 28.6 Å². The van der Waals surface area contributed by atoms with Gasteiger partial charge in [0.15, 0.2) is 6.23 Å². The van der Waals surface area contributed by atoms with Gasteiger partial charge in [-0.3, -0.25) is 14.3 Å². The summed E-state index contributed by atoms with van der Waals surface area (Å²) in [6, 6.07) is 6.26. The van der Waals surface area contributed by atoms with Crippen molar-refractivity contribution in [1.29, 1.82) is 0 Å². The van der Waals surface area contributed by atoms with E-state index in [1.807, 2.05) is 97.1 Å². The van der Waals surface area contributed by atoms with Crippen LogP contribution in [-0.2, 0) is 39.4 Å². The third-order valence-electron chi connectivity index (χ3n) is 9.84. The summed E-state index contributed by atoms with van der Waals surface area (Å²) in [6.07, 6.45) is 6.40. The van der Waals surface area contributed by atoms with Gasteiger partial charge in [-0.15, -0.1) is 5.10 Å². The van der Waals surface area contributed by atoms with Crippen LogP contribution in [0.1, 0.15) is 90.9 Å². The van der Waals surface area contributed by atoms with Crippen LogP contribution in [0.5, 0.6) is 5.88 Å². The van der Waals surface area contributed by atoms with Gasteiger partial charge in [-0.25, -0.2) is 9.48 Å². The predicted octanol–water partition coefficient (Wildman–Crippen LogP) is 7.24. The fraction of sp³-hybridized carbons (Fsp3) is 0.568. The Labute approximate surface area is 320 Å². The highest BCUT2D eigenvalue weighted by Crippen LogP contribution is 2.38.